The SMILES string of the molecule is O=C([O-])c1cc[nH]c1.[Li+]. The molecule has 0 aliphatic carbocycles. The molecule has 0 aliphatic heterocycles. The van der Waals surface area contributed by atoms with Crippen LogP contribution in [0.4, 0.5) is 0 Å². The van der Waals surface area contributed by atoms with E-state index in [4.69, 9.17) is 0 Å². The van der Waals surface area contributed by atoms with Gasteiger partial charge >= 0.3 is 18.9 Å². The van der Waals surface area contributed by atoms with E-state index < -0.39 is 5.97 Å². The zero-order valence-electron chi connectivity index (χ0n) is 5.05. The molecular weight excluding hydrogens is 113 g/mol. The third-order valence-corrected chi connectivity index (χ3v) is 0.834. The molecule has 9 heavy (non-hydrogen) atoms. The average molecular weight is 117 g/mol. The standard InChI is InChI=1S/C5H5NO2.Li/c7-5(8)4-1-2-6-3-4;/h1-3,6H,(H,7,8);/q;+1/p-1. The number of carbonyl (C=O) groups excluding carboxylic acids is 1. The predicted molar refractivity (Wildman–Crippen MR) is 25.1 cm³/mol. The number of aromatic nitrogens is 1. The Labute approximate surface area is 64.3 Å². The van der Waals surface area contributed by atoms with Gasteiger partial charge in [-0.3, -0.25) is 0 Å². The Bertz CT molecular complexity index is 183. The van der Waals surface area contributed by atoms with Crippen molar-refractivity contribution in [2.24, 2.45) is 0 Å². The summed E-state index contributed by atoms with van der Waals surface area (Å²) >= 11 is 0. The first kappa shape index (κ1) is 8.35. The summed E-state index contributed by atoms with van der Waals surface area (Å²) in [6.07, 6.45) is 2.90. The summed E-state index contributed by atoms with van der Waals surface area (Å²) in [6.45, 7) is 0. The van der Waals surface area contributed by atoms with E-state index in [1.54, 1.807) is 0 Å². The summed E-state index contributed by atoms with van der Waals surface area (Å²) in [5.74, 6) is -1.15. The van der Waals surface area contributed by atoms with Crippen LogP contribution in [0.15, 0.2) is 18.5 Å². The van der Waals surface area contributed by atoms with E-state index in [0.717, 1.165) is 0 Å². The van der Waals surface area contributed by atoms with E-state index in [1.807, 2.05) is 0 Å². The predicted octanol–water partition coefficient (Wildman–Crippen LogP) is -3.62. The van der Waals surface area contributed by atoms with Crippen LogP contribution in [-0.4, -0.2) is 11.0 Å². The van der Waals surface area contributed by atoms with Gasteiger partial charge in [0.1, 0.15) is 0 Å². The van der Waals surface area contributed by atoms with Crippen molar-refractivity contribution in [1.29, 1.82) is 0 Å². The molecule has 1 heterocycles. The summed E-state index contributed by atoms with van der Waals surface area (Å²) in [5, 5.41) is 9.93. The van der Waals surface area contributed by atoms with Crippen LogP contribution in [0, 0.1) is 0 Å². The molecule has 0 aromatic carbocycles. The van der Waals surface area contributed by atoms with E-state index in [-0.39, 0.29) is 24.4 Å². The van der Waals surface area contributed by atoms with Crippen LogP contribution in [0.5, 0.6) is 0 Å². The molecule has 1 rings (SSSR count). The maximum absolute atomic E-state index is 9.93. The summed E-state index contributed by atoms with van der Waals surface area (Å²) in [6, 6.07) is 1.44. The first-order valence-corrected chi connectivity index (χ1v) is 2.15. The number of aromatic amines is 1. The van der Waals surface area contributed by atoms with Gasteiger partial charge in [0.2, 0.25) is 0 Å². The zero-order valence-corrected chi connectivity index (χ0v) is 5.05. The topological polar surface area (TPSA) is 55.9 Å². The third-order valence-electron chi connectivity index (χ3n) is 0.834. The number of H-pyrrole nitrogens is 1. The van der Waals surface area contributed by atoms with Crippen molar-refractivity contribution in [2.45, 2.75) is 0 Å². The second-order valence-corrected chi connectivity index (χ2v) is 1.39. The minimum atomic E-state index is -1.15. The van der Waals surface area contributed by atoms with E-state index in [2.05, 4.69) is 4.98 Å². The molecule has 1 aromatic heterocycles. The number of aromatic carboxylic acids is 1. The average Bonchev–Trinajstić information content (AvgIpc) is 2.12. The summed E-state index contributed by atoms with van der Waals surface area (Å²) in [5.41, 5.74) is 0.185. The number of carboxylic acid groups (broad SMARTS) is 1. The normalized spacial score (nSPS) is 8.00. The van der Waals surface area contributed by atoms with Crippen LogP contribution in [-0.2, 0) is 0 Å². The maximum atomic E-state index is 9.93. The molecule has 42 valence electrons. The van der Waals surface area contributed by atoms with Gasteiger partial charge in [0.15, 0.2) is 0 Å². The Kier molecular flexibility index (Phi) is 3.14. The van der Waals surface area contributed by atoms with Crippen molar-refractivity contribution in [2.75, 3.05) is 0 Å². The molecule has 0 fully saturated rings. The van der Waals surface area contributed by atoms with Crippen LogP contribution in [0.3, 0.4) is 0 Å². The second kappa shape index (κ2) is 3.39. The Morgan fingerprint density at radius 3 is 2.56 bits per heavy atom. The van der Waals surface area contributed by atoms with Crippen LogP contribution < -0.4 is 24.0 Å². The minimum Gasteiger partial charge on any atom is -0.545 e. The number of carbonyl (C=O) groups is 1. The van der Waals surface area contributed by atoms with Crippen molar-refractivity contribution >= 4 is 5.97 Å². The number of carboxylic acids is 1. The fraction of sp³-hybridized carbons (Fsp3) is 0. The van der Waals surface area contributed by atoms with Crippen LogP contribution in [0.1, 0.15) is 10.4 Å². The molecule has 0 aliphatic rings. The Morgan fingerprint density at radius 1 is 1.67 bits per heavy atom. The third kappa shape index (κ3) is 1.96. The molecule has 0 unspecified atom stereocenters. The molecule has 4 heteroatoms. The molecule has 3 nitrogen and oxygen atoms in total. The largest absolute Gasteiger partial charge is 1.00 e. The minimum absolute atomic E-state index is 0. The van der Waals surface area contributed by atoms with Gasteiger partial charge in [-0.2, -0.15) is 0 Å². The summed E-state index contributed by atoms with van der Waals surface area (Å²) in [7, 11) is 0. The maximum Gasteiger partial charge on any atom is 1.00 e. The fourth-order valence-corrected chi connectivity index (χ4v) is 0.451. The van der Waals surface area contributed by atoms with Gasteiger partial charge in [-0.25, -0.2) is 0 Å². The van der Waals surface area contributed by atoms with Gasteiger partial charge < -0.3 is 14.9 Å². The van der Waals surface area contributed by atoms with Crippen molar-refractivity contribution in [3.8, 4) is 0 Å². The quantitative estimate of drug-likeness (QED) is 0.386. The molecule has 0 atom stereocenters. The van der Waals surface area contributed by atoms with Gasteiger partial charge in [0.25, 0.3) is 0 Å². The van der Waals surface area contributed by atoms with Crippen LogP contribution in [0.25, 0.3) is 0 Å². The molecule has 0 bridgehead atoms. The Balaban J connectivity index is 0.000000640. The number of rotatable bonds is 1. The second-order valence-electron chi connectivity index (χ2n) is 1.39. The molecule has 0 saturated heterocycles. The number of hydrogen-bond donors (Lipinski definition) is 1. The van der Waals surface area contributed by atoms with Crippen molar-refractivity contribution < 1.29 is 28.8 Å². The molecule has 0 radical (unpaired) electrons. The van der Waals surface area contributed by atoms with Gasteiger partial charge in [0, 0.05) is 18.0 Å². The number of nitrogens with one attached hydrogen (secondary N) is 1. The van der Waals surface area contributed by atoms with Gasteiger partial charge in [-0.15, -0.1) is 0 Å². The first-order valence-electron chi connectivity index (χ1n) is 2.15. The molecule has 1 aromatic rings. The zero-order chi connectivity index (χ0) is 5.98. The van der Waals surface area contributed by atoms with E-state index in [9.17, 15) is 9.90 Å². The van der Waals surface area contributed by atoms with Crippen molar-refractivity contribution in [3.05, 3.63) is 24.0 Å². The van der Waals surface area contributed by atoms with E-state index in [0.29, 0.717) is 0 Å². The van der Waals surface area contributed by atoms with E-state index >= 15 is 0 Å². The smallest absolute Gasteiger partial charge is 0.545 e. The van der Waals surface area contributed by atoms with Gasteiger partial charge in [-0.1, -0.05) is 0 Å². The van der Waals surface area contributed by atoms with Crippen LogP contribution >= 0.6 is 0 Å². The molecule has 0 spiro atoms. The first-order chi connectivity index (χ1) is 3.80. The van der Waals surface area contributed by atoms with Crippen molar-refractivity contribution in [3.63, 3.8) is 0 Å². The van der Waals surface area contributed by atoms with E-state index in [1.165, 1.54) is 18.5 Å². The van der Waals surface area contributed by atoms with Gasteiger partial charge in [0.05, 0.1) is 5.97 Å². The fourth-order valence-electron chi connectivity index (χ4n) is 0.451. The Morgan fingerprint density at radius 2 is 2.33 bits per heavy atom. The molecule has 0 amide bonds. The summed E-state index contributed by atoms with van der Waals surface area (Å²) < 4.78 is 0. The van der Waals surface area contributed by atoms with Gasteiger partial charge in [-0.05, 0) is 6.07 Å². The molecule has 0 saturated carbocycles. The monoisotopic (exact) mass is 117 g/mol. The van der Waals surface area contributed by atoms with Crippen LogP contribution in [0.2, 0.25) is 0 Å². The molecule has 1 N–H and O–H groups in total. The Hall–Kier alpha value is -0.653. The number of hydrogen-bond acceptors (Lipinski definition) is 2. The molecular formula is C5H4LiNO2. The van der Waals surface area contributed by atoms with Crippen molar-refractivity contribution in [1.82, 2.24) is 4.98 Å². The summed E-state index contributed by atoms with van der Waals surface area (Å²) in [4.78, 5) is 12.5.